The second-order valence-corrected chi connectivity index (χ2v) is 16.5. The monoisotopic (exact) mass is 440 g/mol. The topological polar surface area (TPSA) is 55.8 Å². The molecular weight excluding hydrogens is 390 g/mol. The molecule has 0 aromatic heterocycles. The van der Waals surface area contributed by atoms with Crippen molar-refractivity contribution in [2.75, 3.05) is 39.4 Å². The Balaban J connectivity index is 3.32. The van der Waals surface area contributed by atoms with Crippen LogP contribution >= 0.6 is 15.1 Å². The first kappa shape index (κ1) is 28.5. The fourth-order valence-electron chi connectivity index (χ4n) is 3.30. The Labute approximate surface area is 176 Å². The molecule has 172 valence electrons. The summed E-state index contributed by atoms with van der Waals surface area (Å²) in [5.41, 5.74) is 0. The fourth-order valence-corrected chi connectivity index (χ4v) is 5.30. The van der Waals surface area contributed by atoms with Gasteiger partial charge in [0.25, 0.3) is 0 Å². The van der Waals surface area contributed by atoms with E-state index < -0.39 is 15.1 Å². The van der Waals surface area contributed by atoms with Crippen LogP contribution in [0, 0.1) is 0 Å². The van der Waals surface area contributed by atoms with Crippen molar-refractivity contribution in [3.8, 4) is 0 Å². The average molecular weight is 441 g/mol. The number of unbranched alkanes of at least 4 members (excludes halogenated alkanes) is 13. The molecule has 0 heterocycles. The van der Waals surface area contributed by atoms with Crippen LogP contribution in [-0.2, 0) is 13.6 Å². The van der Waals surface area contributed by atoms with Crippen LogP contribution in [0.15, 0.2) is 0 Å². The van der Waals surface area contributed by atoms with Gasteiger partial charge in [0.2, 0.25) is 0 Å². The van der Waals surface area contributed by atoms with E-state index in [1.54, 1.807) is 0 Å². The van der Waals surface area contributed by atoms with Crippen molar-refractivity contribution in [1.29, 1.82) is 0 Å². The van der Waals surface area contributed by atoms with Crippen molar-refractivity contribution in [3.63, 3.8) is 0 Å². The van der Waals surface area contributed by atoms with Gasteiger partial charge in [-0.1, -0.05) is 64.7 Å². The molecule has 28 heavy (non-hydrogen) atoms. The van der Waals surface area contributed by atoms with Crippen LogP contribution in [-0.4, -0.2) is 44.3 Å². The van der Waals surface area contributed by atoms with Gasteiger partial charge in [-0.15, -0.1) is 0 Å². The summed E-state index contributed by atoms with van der Waals surface area (Å²) >= 11 is 0. The predicted molar refractivity (Wildman–Crippen MR) is 128 cm³/mol. The van der Waals surface area contributed by atoms with E-state index in [9.17, 15) is 9.46 Å². The van der Waals surface area contributed by atoms with E-state index in [0.29, 0.717) is 13.2 Å². The molecule has 1 N–H and O–H groups in total. The molecule has 0 amide bonds. The van der Waals surface area contributed by atoms with Crippen LogP contribution in [0.25, 0.3) is 0 Å². The summed E-state index contributed by atoms with van der Waals surface area (Å²) in [4.78, 5) is 9.67. The first-order chi connectivity index (χ1) is 13.3. The summed E-state index contributed by atoms with van der Waals surface area (Å²) in [6.07, 6.45) is 20.1. The van der Waals surface area contributed by atoms with Gasteiger partial charge < -0.3 is 0 Å². The minimum absolute atomic E-state index is 0.316. The Kier molecular flexibility index (Phi) is 18.7. The van der Waals surface area contributed by atoms with Crippen LogP contribution in [0.4, 0.5) is 0 Å². The zero-order valence-electron chi connectivity index (χ0n) is 19.3. The molecule has 0 aliphatic heterocycles. The maximum absolute atomic E-state index is 11.8. The third kappa shape index (κ3) is 22.8. The quantitative estimate of drug-likeness (QED) is 0.147. The van der Waals surface area contributed by atoms with Gasteiger partial charge in [-0.25, -0.2) is 0 Å². The number of hydrogen-bond donors (Lipinski definition) is 1. The van der Waals surface area contributed by atoms with Crippen LogP contribution in [0.3, 0.4) is 0 Å². The summed E-state index contributed by atoms with van der Waals surface area (Å²) in [5, 5.41) is 0. The third-order valence-corrected chi connectivity index (χ3v) is 7.95. The second-order valence-electron chi connectivity index (χ2n) is 9.40. The van der Waals surface area contributed by atoms with Crippen LogP contribution < -0.4 is 0 Å². The Bertz CT molecular complexity index is 383. The van der Waals surface area contributed by atoms with Crippen LogP contribution in [0.5, 0.6) is 0 Å². The molecule has 6 heteroatoms. The summed E-state index contributed by atoms with van der Waals surface area (Å²) in [7, 11) is -4.95. The van der Waals surface area contributed by atoms with E-state index in [-0.39, 0.29) is 0 Å². The number of hydrogen-bond acceptors (Lipinski definition) is 3. The van der Waals surface area contributed by atoms with Gasteiger partial charge in [0, 0.05) is 0 Å². The summed E-state index contributed by atoms with van der Waals surface area (Å²) in [6.45, 7) is 9.77. The van der Waals surface area contributed by atoms with E-state index in [1.165, 1.54) is 77.0 Å². The molecule has 0 aromatic carbocycles. The first-order valence-corrected chi connectivity index (χ1v) is 17.1. The molecule has 1 atom stereocenters. The molecule has 0 fully saturated rings. The Hall–Kier alpha value is 0.540. The van der Waals surface area contributed by atoms with Gasteiger partial charge in [-0.05, 0) is 0 Å². The molecule has 0 rings (SSSR count). The molecule has 0 saturated heterocycles. The van der Waals surface area contributed by atoms with Gasteiger partial charge in [-0.2, -0.15) is 0 Å². The Morgan fingerprint density at radius 1 is 0.643 bits per heavy atom. The van der Waals surface area contributed by atoms with Crippen molar-refractivity contribution in [2.45, 2.75) is 103 Å². The molecule has 4 nitrogen and oxygen atoms in total. The number of phosphoric acid groups is 1. The van der Waals surface area contributed by atoms with E-state index >= 15 is 0 Å². The first-order valence-electron chi connectivity index (χ1n) is 11.9. The van der Waals surface area contributed by atoms with Crippen molar-refractivity contribution < 1.29 is 18.5 Å². The molecule has 0 aliphatic rings. The normalized spacial score (nSPS) is 14.9. The number of phosphoric ester groups is 1. The summed E-state index contributed by atoms with van der Waals surface area (Å²) < 4.78 is 21.9. The van der Waals surface area contributed by atoms with E-state index in [1.807, 2.05) is 0 Å². The molecule has 0 aromatic rings. The van der Waals surface area contributed by atoms with Crippen LogP contribution in [0.1, 0.15) is 103 Å². The van der Waals surface area contributed by atoms with Gasteiger partial charge >= 0.3 is 111 Å². The molecule has 0 radical (unpaired) electrons. The zero-order chi connectivity index (χ0) is 21.1. The predicted octanol–water partition coefficient (Wildman–Crippen LogP) is 7.63. The summed E-state index contributed by atoms with van der Waals surface area (Å²) in [5.74, 6) is 0. The minimum atomic E-state index is -3.85. The van der Waals surface area contributed by atoms with Crippen LogP contribution in [0.2, 0.25) is 0 Å². The Morgan fingerprint density at radius 2 is 1.00 bits per heavy atom. The molecule has 1 unspecified atom stereocenters. The van der Waals surface area contributed by atoms with Gasteiger partial charge in [0.1, 0.15) is 0 Å². The standard InChI is InChI=1S/C22H50O4P2/c1-5-6-7-8-9-10-11-12-13-14-15-16-17-18-20-25-28(23,24)26-21-19-22-27(2,3)4/h27H,5-22H2,1-4H3,(H,23,24). The van der Waals surface area contributed by atoms with Gasteiger partial charge in [-0.3, -0.25) is 0 Å². The molecular formula is C22H50O4P2. The molecule has 0 bridgehead atoms. The molecule has 0 saturated carbocycles. The van der Waals surface area contributed by atoms with E-state index in [2.05, 4.69) is 26.9 Å². The maximum atomic E-state index is 11.8. The molecule has 0 aliphatic carbocycles. The van der Waals surface area contributed by atoms with Gasteiger partial charge in [0.15, 0.2) is 0 Å². The SMILES string of the molecule is CCCCCCCCCCCCCCCCOP(=O)(O)OCCC[PH](C)(C)C. The number of rotatable bonds is 21. The van der Waals surface area contributed by atoms with E-state index in [4.69, 9.17) is 9.05 Å². The molecule has 0 spiro atoms. The fraction of sp³-hybridized carbons (Fsp3) is 1.00. The zero-order valence-corrected chi connectivity index (χ0v) is 21.2. The van der Waals surface area contributed by atoms with Crippen molar-refractivity contribution in [1.82, 2.24) is 0 Å². The third-order valence-electron chi connectivity index (χ3n) is 5.08. The van der Waals surface area contributed by atoms with Gasteiger partial charge in [0.05, 0.1) is 0 Å². The second kappa shape index (κ2) is 18.3. The van der Waals surface area contributed by atoms with Crippen molar-refractivity contribution in [3.05, 3.63) is 0 Å². The van der Waals surface area contributed by atoms with Crippen molar-refractivity contribution in [2.24, 2.45) is 0 Å². The summed E-state index contributed by atoms with van der Waals surface area (Å²) in [6, 6.07) is 0. The Morgan fingerprint density at radius 3 is 1.39 bits per heavy atom. The average Bonchev–Trinajstić information content (AvgIpc) is 2.61. The van der Waals surface area contributed by atoms with E-state index in [0.717, 1.165) is 25.4 Å². The van der Waals surface area contributed by atoms with Crippen molar-refractivity contribution >= 4 is 15.1 Å².